The Hall–Kier alpha value is -3.78. The van der Waals surface area contributed by atoms with Gasteiger partial charge in [-0.05, 0) is 49.2 Å². The SMILES string of the molecule is CCc1ccccc1NC(=O)CN1C(=O)N/C(=C/c2ccc(Sc3ccc(C)cc3)o2)C1=O. The molecule has 4 rings (SSSR count). The van der Waals surface area contributed by atoms with E-state index in [0.717, 1.165) is 21.8 Å². The number of carbonyl (C=O) groups is 3. The van der Waals surface area contributed by atoms with Gasteiger partial charge in [0.05, 0.1) is 0 Å². The van der Waals surface area contributed by atoms with Gasteiger partial charge in [0.2, 0.25) is 5.91 Å². The van der Waals surface area contributed by atoms with Crippen LogP contribution in [-0.4, -0.2) is 29.3 Å². The fourth-order valence-electron chi connectivity index (χ4n) is 3.33. The summed E-state index contributed by atoms with van der Waals surface area (Å²) in [6.07, 6.45) is 2.21. The zero-order chi connectivity index (χ0) is 23.4. The zero-order valence-corrected chi connectivity index (χ0v) is 19.1. The van der Waals surface area contributed by atoms with Gasteiger partial charge in [0.25, 0.3) is 5.91 Å². The lowest BCUT2D eigenvalue weighted by Crippen LogP contribution is -2.38. The van der Waals surface area contributed by atoms with E-state index in [1.807, 2.05) is 56.3 Å². The summed E-state index contributed by atoms with van der Waals surface area (Å²) in [5.74, 6) is -0.602. The Labute approximate surface area is 195 Å². The molecule has 168 valence electrons. The molecule has 1 aromatic heterocycles. The van der Waals surface area contributed by atoms with Crippen LogP contribution >= 0.6 is 11.8 Å². The maximum Gasteiger partial charge on any atom is 0.329 e. The highest BCUT2D eigenvalue weighted by atomic mass is 32.2. The Balaban J connectivity index is 1.41. The summed E-state index contributed by atoms with van der Waals surface area (Å²) in [7, 11) is 0. The summed E-state index contributed by atoms with van der Waals surface area (Å²) in [5.41, 5.74) is 2.87. The lowest BCUT2D eigenvalue weighted by atomic mass is 10.1. The molecule has 3 aromatic rings. The second-order valence-electron chi connectivity index (χ2n) is 7.51. The van der Waals surface area contributed by atoms with Crippen molar-refractivity contribution < 1.29 is 18.8 Å². The molecule has 0 bridgehead atoms. The molecule has 0 radical (unpaired) electrons. The highest BCUT2D eigenvalue weighted by Crippen LogP contribution is 2.30. The van der Waals surface area contributed by atoms with E-state index in [2.05, 4.69) is 10.6 Å². The fraction of sp³-hybridized carbons (Fsp3) is 0.160. The quantitative estimate of drug-likeness (QED) is 0.388. The smallest absolute Gasteiger partial charge is 0.329 e. The van der Waals surface area contributed by atoms with Crippen molar-refractivity contribution >= 4 is 41.4 Å². The zero-order valence-electron chi connectivity index (χ0n) is 18.3. The Kier molecular flexibility index (Phi) is 6.65. The molecule has 1 saturated heterocycles. The summed E-state index contributed by atoms with van der Waals surface area (Å²) in [4.78, 5) is 39.4. The van der Waals surface area contributed by atoms with Crippen molar-refractivity contribution in [3.63, 3.8) is 0 Å². The van der Waals surface area contributed by atoms with Crippen molar-refractivity contribution in [2.24, 2.45) is 0 Å². The van der Waals surface area contributed by atoms with Gasteiger partial charge in [-0.3, -0.25) is 9.59 Å². The average Bonchev–Trinajstić information content (AvgIpc) is 3.35. The first-order valence-electron chi connectivity index (χ1n) is 10.5. The number of furan rings is 1. The predicted molar refractivity (Wildman–Crippen MR) is 127 cm³/mol. The molecule has 2 N–H and O–H groups in total. The highest BCUT2D eigenvalue weighted by Gasteiger charge is 2.35. The molecule has 2 heterocycles. The van der Waals surface area contributed by atoms with Crippen LogP contribution in [0.4, 0.5) is 10.5 Å². The number of para-hydroxylation sites is 1. The van der Waals surface area contributed by atoms with Crippen molar-refractivity contribution in [3.05, 3.63) is 83.2 Å². The van der Waals surface area contributed by atoms with E-state index in [-0.39, 0.29) is 12.2 Å². The molecule has 0 spiro atoms. The van der Waals surface area contributed by atoms with Crippen molar-refractivity contribution in [1.29, 1.82) is 0 Å². The molecule has 8 heteroatoms. The van der Waals surface area contributed by atoms with Gasteiger partial charge in [-0.1, -0.05) is 54.6 Å². The van der Waals surface area contributed by atoms with Crippen LogP contribution in [0.5, 0.6) is 0 Å². The lowest BCUT2D eigenvalue weighted by molar-refractivity contribution is -0.127. The molecular formula is C25H23N3O4S. The number of nitrogens with one attached hydrogen (secondary N) is 2. The maximum absolute atomic E-state index is 12.7. The fourth-order valence-corrected chi connectivity index (χ4v) is 4.11. The van der Waals surface area contributed by atoms with Crippen LogP contribution in [0.15, 0.2) is 80.8 Å². The molecule has 1 aliphatic heterocycles. The number of aryl methyl sites for hydroxylation is 2. The minimum absolute atomic E-state index is 0.0583. The normalized spacial score (nSPS) is 14.6. The van der Waals surface area contributed by atoms with Crippen molar-refractivity contribution in [3.8, 4) is 0 Å². The Morgan fingerprint density at radius 2 is 1.85 bits per heavy atom. The number of amides is 4. The van der Waals surface area contributed by atoms with Gasteiger partial charge in [-0.25, -0.2) is 9.69 Å². The van der Waals surface area contributed by atoms with Crippen LogP contribution in [0, 0.1) is 6.92 Å². The van der Waals surface area contributed by atoms with Crippen LogP contribution in [0.25, 0.3) is 6.08 Å². The summed E-state index contributed by atoms with van der Waals surface area (Å²) >= 11 is 1.46. The van der Waals surface area contributed by atoms with E-state index in [1.54, 1.807) is 18.2 Å². The number of hydrogen-bond acceptors (Lipinski definition) is 5. The number of imide groups is 1. The molecule has 4 amide bonds. The largest absolute Gasteiger partial charge is 0.450 e. The first-order valence-corrected chi connectivity index (χ1v) is 11.3. The first kappa shape index (κ1) is 22.4. The second-order valence-corrected chi connectivity index (χ2v) is 8.59. The van der Waals surface area contributed by atoms with Crippen LogP contribution < -0.4 is 10.6 Å². The maximum atomic E-state index is 12.7. The van der Waals surface area contributed by atoms with Crippen LogP contribution in [0.1, 0.15) is 23.8 Å². The van der Waals surface area contributed by atoms with Crippen molar-refractivity contribution in [2.45, 2.75) is 30.3 Å². The second kappa shape index (κ2) is 9.79. The Morgan fingerprint density at radius 3 is 2.61 bits per heavy atom. The number of carbonyl (C=O) groups excluding carboxylic acids is 3. The number of hydrogen-bond donors (Lipinski definition) is 2. The van der Waals surface area contributed by atoms with Crippen LogP contribution in [-0.2, 0) is 16.0 Å². The molecular weight excluding hydrogens is 438 g/mol. The average molecular weight is 462 g/mol. The molecule has 0 atom stereocenters. The number of anilines is 1. The van der Waals surface area contributed by atoms with Gasteiger partial charge < -0.3 is 15.1 Å². The molecule has 2 aromatic carbocycles. The number of benzene rings is 2. The van der Waals surface area contributed by atoms with Crippen LogP contribution in [0.3, 0.4) is 0 Å². The van der Waals surface area contributed by atoms with Gasteiger partial charge in [0.15, 0.2) is 5.09 Å². The first-order chi connectivity index (χ1) is 15.9. The number of rotatable bonds is 7. The molecule has 7 nitrogen and oxygen atoms in total. The van der Waals surface area contributed by atoms with E-state index in [9.17, 15) is 14.4 Å². The van der Waals surface area contributed by atoms with E-state index in [1.165, 1.54) is 23.4 Å². The van der Waals surface area contributed by atoms with Gasteiger partial charge in [-0.2, -0.15) is 0 Å². The Bertz CT molecular complexity index is 1230. The molecule has 0 aliphatic carbocycles. The number of urea groups is 1. The molecule has 0 saturated carbocycles. The summed E-state index contributed by atoms with van der Waals surface area (Å²) in [5, 5.41) is 5.94. The summed E-state index contributed by atoms with van der Waals surface area (Å²) in [6, 6.07) is 18.3. The third kappa shape index (κ3) is 5.35. The monoisotopic (exact) mass is 461 g/mol. The van der Waals surface area contributed by atoms with Crippen molar-refractivity contribution in [1.82, 2.24) is 10.2 Å². The predicted octanol–water partition coefficient (Wildman–Crippen LogP) is 4.83. The van der Waals surface area contributed by atoms with E-state index < -0.39 is 17.8 Å². The third-order valence-corrected chi connectivity index (χ3v) is 5.99. The van der Waals surface area contributed by atoms with Gasteiger partial charge in [0.1, 0.15) is 18.0 Å². The van der Waals surface area contributed by atoms with Crippen molar-refractivity contribution in [2.75, 3.05) is 11.9 Å². The molecule has 1 fully saturated rings. The van der Waals surface area contributed by atoms with Gasteiger partial charge in [0, 0.05) is 16.7 Å². The topological polar surface area (TPSA) is 91.7 Å². The van der Waals surface area contributed by atoms with E-state index in [4.69, 9.17) is 4.42 Å². The highest BCUT2D eigenvalue weighted by molar-refractivity contribution is 7.99. The Morgan fingerprint density at radius 1 is 1.09 bits per heavy atom. The lowest BCUT2D eigenvalue weighted by Gasteiger charge is -2.13. The van der Waals surface area contributed by atoms with Gasteiger partial charge in [-0.15, -0.1) is 0 Å². The van der Waals surface area contributed by atoms with Crippen LogP contribution in [0.2, 0.25) is 0 Å². The minimum Gasteiger partial charge on any atom is -0.450 e. The third-order valence-electron chi connectivity index (χ3n) is 5.06. The summed E-state index contributed by atoms with van der Waals surface area (Å²) < 4.78 is 5.77. The summed E-state index contributed by atoms with van der Waals surface area (Å²) in [6.45, 7) is 3.63. The minimum atomic E-state index is -0.647. The molecule has 33 heavy (non-hydrogen) atoms. The molecule has 0 unspecified atom stereocenters. The number of nitrogens with zero attached hydrogens (tertiary/aromatic N) is 1. The molecule has 1 aliphatic rings. The van der Waals surface area contributed by atoms with E-state index in [0.29, 0.717) is 16.5 Å². The van der Waals surface area contributed by atoms with E-state index >= 15 is 0 Å². The van der Waals surface area contributed by atoms with Gasteiger partial charge >= 0.3 is 6.03 Å². The standard InChI is InChI=1S/C25H23N3O4S/c1-3-17-6-4-5-7-20(17)26-22(29)15-28-24(30)21(27-25(28)31)14-18-10-13-23(32-18)33-19-11-8-16(2)9-12-19/h4-14H,3,15H2,1-2H3,(H,26,29)(H,27,31)/b21-14+.